The van der Waals surface area contributed by atoms with Crippen molar-refractivity contribution < 1.29 is 4.42 Å². The van der Waals surface area contributed by atoms with Gasteiger partial charge in [-0.2, -0.15) is 0 Å². The maximum atomic E-state index is 5.36. The van der Waals surface area contributed by atoms with Crippen LogP contribution in [0.3, 0.4) is 0 Å². The molecule has 0 spiro atoms. The first kappa shape index (κ1) is 13.2. The number of hydrogen-bond donors (Lipinski definition) is 1. The molecule has 0 bridgehead atoms. The van der Waals surface area contributed by atoms with Crippen molar-refractivity contribution >= 4 is 15.9 Å². The minimum atomic E-state index is 0.441. The van der Waals surface area contributed by atoms with Crippen molar-refractivity contribution in [2.45, 2.75) is 51.5 Å². The van der Waals surface area contributed by atoms with Gasteiger partial charge >= 0.3 is 0 Å². The van der Waals surface area contributed by atoms with Crippen molar-refractivity contribution in [2.24, 2.45) is 5.92 Å². The number of hydrogen-bond acceptors (Lipinski definition) is 2. The highest BCUT2D eigenvalue weighted by Gasteiger charge is 2.22. The Hall–Kier alpha value is -0.280. The van der Waals surface area contributed by atoms with Gasteiger partial charge in [-0.15, -0.1) is 0 Å². The summed E-state index contributed by atoms with van der Waals surface area (Å²) in [6, 6.07) is 2.52. The van der Waals surface area contributed by atoms with Gasteiger partial charge < -0.3 is 9.73 Å². The van der Waals surface area contributed by atoms with Gasteiger partial charge in [0.1, 0.15) is 0 Å². The molecule has 1 fully saturated rings. The van der Waals surface area contributed by atoms with Crippen LogP contribution in [0.2, 0.25) is 0 Å². The highest BCUT2D eigenvalue weighted by Crippen LogP contribution is 2.34. The molecule has 2 nitrogen and oxygen atoms in total. The van der Waals surface area contributed by atoms with E-state index < -0.39 is 0 Å². The molecule has 0 saturated heterocycles. The van der Waals surface area contributed by atoms with Crippen LogP contribution in [0.4, 0.5) is 0 Å². The molecule has 0 aromatic carbocycles. The van der Waals surface area contributed by atoms with Crippen LogP contribution in [0.5, 0.6) is 0 Å². The van der Waals surface area contributed by atoms with E-state index >= 15 is 0 Å². The van der Waals surface area contributed by atoms with Gasteiger partial charge in [0.25, 0.3) is 0 Å². The Morgan fingerprint density at radius 2 is 2.18 bits per heavy atom. The first-order chi connectivity index (χ1) is 8.31. The van der Waals surface area contributed by atoms with Crippen LogP contribution in [0.15, 0.2) is 21.4 Å². The second kappa shape index (κ2) is 6.60. The van der Waals surface area contributed by atoms with Gasteiger partial charge in [-0.1, -0.05) is 39.0 Å². The van der Waals surface area contributed by atoms with E-state index in [1.54, 1.807) is 6.26 Å². The van der Waals surface area contributed by atoms with Crippen LogP contribution in [-0.4, -0.2) is 6.54 Å². The van der Waals surface area contributed by atoms with E-state index in [-0.39, 0.29) is 0 Å². The Morgan fingerprint density at radius 1 is 1.41 bits per heavy atom. The summed E-state index contributed by atoms with van der Waals surface area (Å²) in [4.78, 5) is 0. The summed E-state index contributed by atoms with van der Waals surface area (Å²) in [7, 11) is 0. The van der Waals surface area contributed by atoms with Gasteiger partial charge in [0.2, 0.25) is 0 Å². The Labute approximate surface area is 112 Å². The molecule has 0 aliphatic heterocycles. The first-order valence-electron chi connectivity index (χ1n) is 6.77. The molecule has 96 valence electrons. The molecule has 0 radical (unpaired) electrons. The number of rotatable bonds is 5. The standard InChI is InChI=1S/C14H22BrNO/c1-2-16-13(12-8-9-17-14(12)15)10-11-6-4-3-5-7-11/h8-9,11,13,16H,2-7,10H2,1H3. The summed E-state index contributed by atoms with van der Waals surface area (Å²) in [5.74, 6) is 0.884. The van der Waals surface area contributed by atoms with E-state index in [9.17, 15) is 0 Å². The Kier molecular flexibility index (Phi) is 5.11. The lowest BCUT2D eigenvalue weighted by atomic mass is 9.83. The van der Waals surface area contributed by atoms with E-state index in [1.807, 2.05) is 0 Å². The molecule has 1 aliphatic rings. The maximum absolute atomic E-state index is 5.36. The summed E-state index contributed by atoms with van der Waals surface area (Å²) in [5, 5.41) is 3.58. The SMILES string of the molecule is CCNC(CC1CCCCC1)c1ccoc1Br. The van der Waals surface area contributed by atoms with Crippen LogP contribution >= 0.6 is 15.9 Å². The van der Waals surface area contributed by atoms with Crippen molar-refractivity contribution in [2.75, 3.05) is 6.54 Å². The number of halogens is 1. The van der Waals surface area contributed by atoms with E-state index in [0.29, 0.717) is 6.04 Å². The fourth-order valence-corrected chi connectivity index (χ4v) is 3.39. The molecular formula is C14H22BrNO. The quantitative estimate of drug-likeness (QED) is 0.855. The molecule has 1 unspecified atom stereocenters. The fourth-order valence-electron chi connectivity index (χ4n) is 2.88. The average molecular weight is 300 g/mol. The molecule has 2 rings (SSSR count). The van der Waals surface area contributed by atoms with Crippen LogP contribution in [0.25, 0.3) is 0 Å². The lowest BCUT2D eigenvalue weighted by Gasteiger charge is -2.26. The third-order valence-corrected chi connectivity index (χ3v) is 4.41. The van der Waals surface area contributed by atoms with Crippen molar-refractivity contribution in [3.63, 3.8) is 0 Å². The number of furan rings is 1. The van der Waals surface area contributed by atoms with Crippen molar-refractivity contribution in [1.82, 2.24) is 5.32 Å². The third kappa shape index (κ3) is 3.59. The van der Waals surface area contributed by atoms with E-state index in [0.717, 1.165) is 17.1 Å². The van der Waals surface area contributed by atoms with Gasteiger partial charge in [-0.3, -0.25) is 0 Å². The summed E-state index contributed by atoms with van der Waals surface area (Å²) >= 11 is 3.50. The normalized spacial score (nSPS) is 19.4. The zero-order chi connectivity index (χ0) is 12.1. The van der Waals surface area contributed by atoms with E-state index in [2.05, 4.69) is 34.2 Å². The third-order valence-electron chi connectivity index (χ3n) is 3.77. The summed E-state index contributed by atoms with van der Waals surface area (Å²) < 4.78 is 6.25. The molecule has 1 aromatic rings. The molecule has 1 aromatic heterocycles. The molecule has 1 heterocycles. The molecule has 17 heavy (non-hydrogen) atoms. The predicted octanol–water partition coefficient (Wildman–Crippen LogP) is 4.66. The van der Waals surface area contributed by atoms with E-state index in [1.165, 1.54) is 44.1 Å². The minimum absolute atomic E-state index is 0.441. The van der Waals surface area contributed by atoms with Gasteiger partial charge in [0.05, 0.1) is 6.26 Å². The smallest absolute Gasteiger partial charge is 0.173 e. The van der Waals surface area contributed by atoms with Crippen LogP contribution < -0.4 is 5.32 Å². The zero-order valence-electron chi connectivity index (χ0n) is 10.5. The van der Waals surface area contributed by atoms with Gasteiger partial charge in [0.15, 0.2) is 4.67 Å². The lowest BCUT2D eigenvalue weighted by Crippen LogP contribution is -2.24. The van der Waals surface area contributed by atoms with Crippen LogP contribution in [0.1, 0.15) is 57.1 Å². The first-order valence-corrected chi connectivity index (χ1v) is 7.56. The Bertz CT molecular complexity index is 331. The monoisotopic (exact) mass is 299 g/mol. The molecule has 1 saturated carbocycles. The Morgan fingerprint density at radius 3 is 2.76 bits per heavy atom. The summed E-state index contributed by atoms with van der Waals surface area (Å²) in [5.41, 5.74) is 1.28. The topological polar surface area (TPSA) is 25.2 Å². The highest BCUT2D eigenvalue weighted by molar-refractivity contribution is 9.10. The van der Waals surface area contributed by atoms with Crippen molar-refractivity contribution in [3.05, 3.63) is 22.6 Å². The highest BCUT2D eigenvalue weighted by atomic mass is 79.9. The lowest BCUT2D eigenvalue weighted by molar-refractivity contribution is 0.300. The summed E-state index contributed by atoms with van der Waals surface area (Å²) in [6.07, 6.45) is 10.1. The second-order valence-corrected chi connectivity index (χ2v) is 5.72. The average Bonchev–Trinajstić information content (AvgIpc) is 2.76. The van der Waals surface area contributed by atoms with Crippen molar-refractivity contribution in [3.8, 4) is 0 Å². The Balaban J connectivity index is 1.99. The largest absolute Gasteiger partial charge is 0.457 e. The van der Waals surface area contributed by atoms with Crippen LogP contribution in [-0.2, 0) is 0 Å². The zero-order valence-corrected chi connectivity index (χ0v) is 12.1. The molecule has 1 atom stereocenters. The fraction of sp³-hybridized carbons (Fsp3) is 0.714. The summed E-state index contributed by atoms with van der Waals surface area (Å²) in [6.45, 7) is 3.18. The molecular weight excluding hydrogens is 278 g/mol. The van der Waals surface area contributed by atoms with Crippen molar-refractivity contribution in [1.29, 1.82) is 0 Å². The molecule has 1 N–H and O–H groups in total. The van der Waals surface area contributed by atoms with E-state index in [4.69, 9.17) is 4.42 Å². The predicted molar refractivity (Wildman–Crippen MR) is 74.0 cm³/mol. The molecule has 3 heteroatoms. The maximum Gasteiger partial charge on any atom is 0.173 e. The van der Waals surface area contributed by atoms with Gasteiger partial charge in [-0.05, 0) is 40.9 Å². The second-order valence-electron chi connectivity index (χ2n) is 5.00. The minimum Gasteiger partial charge on any atom is -0.457 e. The van der Waals surface area contributed by atoms with Gasteiger partial charge in [-0.25, -0.2) is 0 Å². The number of nitrogens with one attached hydrogen (secondary N) is 1. The van der Waals surface area contributed by atoms with Crippen LogP contribution in [0, 0.1) is 5.92 Å². The van der Waals surface area contributed by atoms with Gasteiger partial charge in [0, 0.05) is 11.6 Å². The molecule has 1 aliphatic carbocycles. The molecule has 0 amide bonds.